The van der Waals surface area contributed by atoms with Gasteiger partial charge in [0.05, 0.1) is 19.8 Å². The smallest absolute Gasteiger partial charge is 0.333 e. The highest BCUT2D eigenvalue weighted by molar-refractivity contribution is 6.17. The number of ketones is 1. The SMILES string of the molecule is COC(=O)C(C)(N)C(=O)c1ccccc1OC. The number of para-hydroxylation sites is 1. The minimum atomic E-state index is -1.72. The summed E-state index contributed by atoms with van der Waals surface area (Å²) in [5.41, 5.74) is 4.23. The molecule has 0 saturated carbocycles. The van der Waals surface area contributed by atoms with Crippen LogP contribution < -0.4 is 10.5 Å². The zero-order valence-corrected chi connectivity index (χ0v) is 10.0. The van der Waals surface area contributed by atoms with E-state index in [9.17, 15) is 9.59 Å². The van der Waals surface area contributed by atoms with E-state index in [0.29, 0.717) is 5.75 Å². The molecule has 1 atom stereocenters. The van der Waals surface area contributed by atoms with E-state index in [1.165, 1.54) is 21.1 Å². The van der Waals surface area contributed by atoms with Crippen molar-refractivity contribution >= 4 is 11.8 Å². The maximum absolute atomic E-state index is 12.1. The average Bonchev–Trinajstić information content (AvgIpc) is 2.36. The Labute approximate surface area is 99.5 Å². The zero-order valence-electron chi connectivity index (χ0n) is 10.0. The first-order chi connectivity index (χ1) is 7.95. The molecule has 5 nitrogen and oxygen atoms in total. The van der Waals surface area contributed by atoms with Gasteiger partial charge >= 0.3 is 5.97 Å². The summed E-state index contributed by atoms with van der Waals surface area (Å²) in [6.07, 6.45) is 0. The van der Waals surface area contributed by atoms with Crippen LogP contribution in [0.3, 0.4) is 0 Å². The molecule has 1 unspecified atom stereocenters. The molecule has 0 heterocycles. The van der Waals surface area contributed by atoms with Crippen LogP contribution >= 0.6 is 0 Å². The van der Waals surface area contributed by atoms with Gasteiger partial charge in [-0.3, -0.25) is 4.79 Å². The lowest BCUT2D eigenvalue weighted by molar-refractivity contribution is -0.144. The zero-order chi connectivity index (χ0) is 13.1. The van der Waals surface area contributed by atoms with Gasteiger partial charge in [0.25, 0.3) is 0 Å². The number of Topliss-reactive ketones (excluding diaryl/α,β-unsaturated/α-hetero) is 1. The molecule has 0 amide bonds. The Kier molecular flexibility index (Phi) is 3.85. The topological polar surface area (TPSA) is 78.6 Å². The van der Waals surface area contributed by atoms with Crippen molar-refractivity contribution in [2.45, 2.75) is 12.5 Å². The largest absolute Gasteiger partial charge is 0.496 e. The minimum absolute atomic E-state index is 0.255. The molecule has 1 rings (SSSR count). The Morgan fingerprint density at radius 3 is 2.35 bits per heavy atom. The standard InChI is InChI=1S/C12H15NO4/c1-12(13,11(15)17-3)10(14)8-6-4-5-7-9(8)16-2/h4-7H,13H2,1-3H3. The van der Waals surface area contributed by atoms with E-state index in [4.69, 9.17) is 10.5 Å². The molecule has 0 aliphatic heterocycles. The van der Waals surface area contributed by atoms with Crippen LogP contribution in [-0.2, 0) is 9.53 Å². The summed E-state index contributed by atoms with van der Waals surface area (Å²) in [4.78, 5) is 23.6. The molecule has 0 aromatic heterocycles. The van der Waals surface area contributed by atoms with Crippen LogP contribution in [0.4, 0.5) is 0 Å². The summed E-state index contributed by atoms with van der Waals surface area (Å²) in [5.74, 6) is -0.951. The van der Waals surface area contributed by atoms with E-state index in [1.807, 2.05) is 0 Å². The number of rotatable bonds is 4. The van der Waals surface area contributed by atoms with Gasteiger partial charge in [-0.15, -0.1) is 0 Å². The average molecular weight is 237 g/mol. The molecule has 0 bridgehead atoms. The van der Waals surface area contributed by atoms with Crippen molar-refractivity contribution < 1.29 is 19.1 Å². The quantitative estimate of drug-likeness (QED) is 0.475. The first kappa shape index (κ1) is 13.2. The van der Waals surface area contributed by atoms with Crippen LogP contribution in [0, 0.1) is 0 Å². The Bertz CT molecular complexity index is 440. The van der Waals surface area contributed by atoms with Crippen molar-refractivity contribution in [2.24, 2.45) is 5.73 Å². The van der Waals surface area contributed by atoms with Crippen LogP contribution in [0.1, 0.15) is 17.3 Å². The lowest BCUT2D eigenvalue weighted by Crippen LogP contribution is -2.52. The van der Waals surface area contributed by atoms with Crippen LogP contribution in [0.2, 0.25) is 0 Å². The third-order valence-corrected chi connectivity index (χ3v) is 2.43. The number of nitrogens with two attached hydrogens (primary N) is 1. The highest BCUT2D eigenvalue weighted by Gasteiger charge is 2.39. The molecule has 0 fully saturated rings. The van der Waals surface area contributed by atoms with Crippen molar-refractivity contribution in [1.82, 2.24) is 0 Å². The van der Waals surface area contributed by atoms with Crippen LogP contribution in [-0.4, -0.2) is 31.5 Å². The molecule has 1 aromatic carbocycles. The first-order valence-corrected chi connectivity index (χ1v) is 5.00. The highest BCUT2D eigenvalue weighted by Crippen LogP contribution is 2.22. The Morgan fingerprint density at radius 2 is 1.82 bits per heavy atom. The fourth-order valence-electron chi connectivity index (χ4n) is 1.42. The summed E-state index contributed by atoms with van der Waals surface area (Å²) < 4.78 is 9.55. The van der Waals surface area contributed by atoms with Gasteiger partial charge in [-0.2, -0.15) is 0 Å². The Balaban J connectivity index is 3.16. The number of hydrogen-bond acceptors (Lipinski definition) is 5. The van der Waals surface area contributed by atoms with Crippen molar-refractivity contribution in [3.8, 4) is 5.75 Å². The van der Waals surface area contributed by atoms with Crippen molar-refractivity contribution in [2.75, 3.05) is 14.2 Å². The number of esters is 1. The predicted octanol–water partition coefficient (Wildman–Crippen LogP) is 0.768. The number of benzene rings is 1. The van der Waals surface area contributed by atoms with Gasteiger partial charge < -0.3 is 15.2 Å². The summed E-state index contributed by atoms with van der Waals surface area (Å²) in [7, 11) is 2.63. The second-order valence-corrected chi connectivity index (χ2v) is 3.72. The number of carbonyl (C=O) groups is 2. The summed E-state index contributed by atoms with van der Waals surface area (Å²) >= 11 is 0. The maximum atomic E-state index is 12.1. The van der Waals surface area contributed by atoms with Crippen molar-refractivity contribution in [1.29, 1.82) is 0 Å². The normalized spacial score (nSPS) is 13.6. The van der Waals surface area contributed by atoms with Gasteiger partial charge in [-0.1, -0.05) is 12.1 Å². The molecule has 92 valence electrons. The number of carbonyl (C=O) groups excluding carboxylic acids is 2. The molecular formula is C12H15NO4. The molecule has 0 radical (unpaired) electrons. The number of methoxy groups -OCH3 is 2. The van der Waals surface area contributed by atoms with Crippen LogP contribution in [0.5, 0.6) is 5.75 Å². The van der Waals surface area contributed by atoms with E-state index < -0.39 is 17.3 Å². The Morgan fingerprint density at radius 1 is 1.24 bits per heavy atom. The molecule has 2 N–H and O–H groups in total. The van der Waals surface area contributed by atoms with Crippen molar-refractivity contribution in [3.63, 3.8) is 0 Å². The molecule has 0 aliphatic rings. The number of hydrogen-bond donors (Lipinski definition) is 1. The van der Waals surface area contributed by atoms with Gasteiger partial charge in [0.15, 0.2) is 11.3 Å². The molecular weight excluding hydrogens is 222 g/mol. The number of ether oxygens (including phenoxy) is 2. The fourth-order valence-corrected chi connectivity index (χ4v) is 1.42. The molecule has 17 heavy (non-hydrogen) atoms. The molecule has 1 aromatic rings. The van der Waals surface area contributed by atoms with Gasteiger partial charge in [-0.25, -0.2) is 4.79 Å². The molecule has 0 saturated heterocycles. The van der Waals surface area contributed by atoms with E-state index in [-0.39, 0.29) is 5.56 Å². The van der Waals surface area contributed by atoms with Gasteiger partial charge in [-0.05, 0) is 19.1 Å². The van der Waals surface area contributed by atoms with Crippen LogP contribution in [0.15, 0.2) is 24.3 Å². The predicted molar refractivity (Wildman–Crippen MR) is 61.9 cm³/mol. The van der Waals surface area contributed by atoms with E-state index in [1.54, 1.807) is 24.3 Å². The molecule has 0 aliphatic carbocycles. The van der Waals surface area contributed by atoms with Gasteiger partial charge in [0, 0.05) is 0 Å². The fraction of sp³-hybridized carbons (Fsp3) is 0.333. The molecule has 5 heteroatoms. The second kappa shape index (κ2) is 4.97. The van der Waals surface area contributed by atoms with Crippen molar-refractivity contribution in [3.05, 3.63) is 29.8 Å². The third kappa shape index (κ3) is 2.45. The van der Waals surface area contributed by atoms with E-state index in [2.05, 4.69) is 4.74 Å². The van der Waals surface area contributed by atoms with Gasteiger partial charge in [0.2, 0.25) is 0 Å². The third-order valence-electron chi connectivity index (χ3n) is 2.43. The van der Waals surface area contributed by atoms with E-state index >= 15 is 0 Å². The summed E-state index contributed by atoms with van der Waals surface area (Å²) in [6, 6.07) is 6.57. The second-order valence-electron chi connectivity index (χ2n) is 3.72. The first-order valence-electron chi connectivity index (χ1n) is 5.00. The van der Waals surface area contributed by atoms with Gasteiger partial charge in [0.1, 0.15) is 5.75 Å². The minimum Gasteiger partial charge on any atom is -0.496 e. The lowest BCUT2D eigenvalue weighted by Gasteiger charge is -2.20. The molecule has 0 spiro atoms. The lowest BCUT2D eigenvalue weighted by atomic mass is 9.92. The van der Waals surface area contributed by atoms with E-state index in [0.717, 1.165) is 0 Å². The van der Waals surface area contributed by atoms with Crippen LogP contribution in [0.25, 0.3) is 0 Å². The summed E-state index contributed by atoms with van der Waals surface area (Å²) in [5, 5.41) is 0. The summed E-state index contributed by atoms with van der Waals surface area (Å²) in [6.45, 7) is 1.31. The maximum Gasteiger partial charge on any atom is 0.333 e. The monoisotopic (exact) mass is 237 g/mol. The highest BCUT2D eigenvalue weighted by atomic mass is 16.5. The Hall–Kier alpha value is -1.88.